The van der Waals surface area contributed by atoms with Crippen LogP contribution in [0.2, 0.25) is 0 Å². The second kappa shape index (κ2) is 4.66. The molecule has 1 heterocycles. The zero-order chi connectivity index (χ0) is 12.3. The van der Waals surface area contributed by atoms with Gasteiger partial charge in [0.05, 0.1) is 17.1 Å². The van der Waals surface area contributed by atoms with E-state index in [2.05, 4.69) is 15.3 Å². The molecule has 0 aliphatic rings. The van der Waals surface area contributed by atoms with Gasteiger partial charge in [0.1, 0.15) is 12.2 Å². The number of carbonyl (C=O) groups excluding carboxylic acids is 1. The Morgan fingerprint density at radius 3 is 3.18 bits per heavy atom. The van der Waals surface area contributed by atoms with E-state index in [-0.39, 0.29) is 12.3 Å². The summed E-state index contributed by atoms with van der Waals surface area (Å²) >= 11 is 0. The number of aryl methyl sites for hydroxylation is 1. The number of fused-ring (bicyclic) bond motifs is 1. The molecule has 86 valence electrons. The Hall–Kier alpha value is -2.35. The Morgan fingerprint density at radius 2 is 2.41 bits per heavy atom. The van der Waals surface area contributed by atoms with Crippen LogP contribution in [0.15, 0.2) is 18.2 Å². The van der Waals surface area contributed by atoms with Crippen molar-refractivity contribution < 1.29 is 4.79 Å². The molecule has 0 saturated heterocycles. The van der Waals surface area contributed by atoms with Gasteiger partial charge in [-0.1, -0.05) is 6.07 Å². The highest BCUT2D eigenvalue weighted by Gasteiger charge is 2.03. The molecular formula is C12H12N4O. The Kier molecular flexibility index (Phi) is 3.06. The van der Waals surface area contributed by atoms with Crippen LogP contribution in [0.5, 0.6) is 0 Å². The number of amides is 1. The maximum atomic E-state index is 11.1. The van der Waals surface area contributed by atoms with E-state index in [0.717, 1.165) is 22.4 Å². The van der Waals surface area contributed by atoms with Crippen LogP contribution in [-0.2, 0) is 11.3 Å². The first-order chi connectivity index (χ1) is 8.19. The van der Waals surface area contributed by atoms with Crippen molar-refractivity contribution in [3.8, 4) is 6.07 Å². The summed E-state index contributed by atoms with van der Waals surface area (Å²) in [7, 11) is 0. The van der Waals surface area contributed by atoms with Crippen LogP contribution < -0.4 is 5.32 Å². The van der Waals surface area contributed by atoms with E-state index in [1.54, 1.807) is 0 Å². The molecule has 1 amide bonds. The summed E-state index contributed by atoms with van der Waals surface area (Å²) in [5, 5.41) is 11.0. The fourth-order valence-electron chi connectivity index (χ4n) is 1.63. The van der Waals surface area contributed by atoms with Gasteiger partial charge >= 0.3 is 0 Å². The number of H-pyrrole nitrogens is 1. The summed E-state index contributed by atoms with van der Waals surface area (Å²) in [5.74, 6) is 0.610. The number of rotatable bonds is 3. The SMILES string of the molecule is Cc1nc2ccc(CNC(=O)CC#N)cc2[nH]1. The lowest BCUT2D eigenvalue weighted by molar-refractivity contribution is -0.120. The van der Waals surface area contributed by atoms with Crippen molar-refractivity contribution in [2.75, 3.05) is 0 Å². The average Bonchev–Trinajstić information content (AvgIpc) is 2.66. The lowest BCUT2D eigenvalue weighted by Gasteiger charge is -2.02. The van der Waals surface area contributed by atoms with Gasteiger partial charge in [0.25, 0.3) is 0 Å². The molecule has 2 aromatic rings. The molecule has 1 aromatic heterocycles. The van der Waals surface area contributed by atoms with Crippen molar-refractivity contribution in [2.24, 2.45) is 0 Å². The standard InChI is InChI=1S/C12H12N4O/c1-8-15-10-3-2-9(6-11(10)16-8)7-14-12(17)4-5-13/h2-3,6H,4,7H2,1H3,(H,14,17)(H,15,16). The molecule has 0 saturated carbocycles. The van der Waals surface area contributed by atoms with E-state index in [1.807, 2.05) is 31.2 Å². The van der Waals surface area contributed by atoms with Gasteiger partial charge in [0.15, 0.2) is 0 Å². The van der Waals surface area contributed by atoms with Gasteiger partial charge < -0.3 is 10.3 Å². The van der Waals surface area contributed by atoms with Gasteiger partial charge in [0, 0.05) is 6.54 Å². The fourth-order valence-corrected chi connectivity index (χ4v) is 1.63. The first kappa shape index (κ1) is 11.1. The van der Waals surface area contributed by atoms with Gasteiger partial charge in [-0.3, -0.25) is 4.79 Å². The molecule has 1 aromatic carbocycles. The first-order valence-electron chi connectivity index (χ1n) is 5.28. The minimum Gasteiger partial charge on any atom is -0.351 e. The van der Waals surface area contributed by atoms with Crippen LogP contribution >= 0.6 is 0 Å². The number of imidazole rings is 1. The van der Waals surface area contributed by atoms with Crippen molar-refractivity contribution in [1.29, 1.82) is 5.26 Å². The molecule has 0 unspecified atom stereocenters. The molecule has 0 fully saturated rings. The van der Waals surface area contributed by atoms with Gasteiger partial charge in [-0.15, -0.1) is 0 Å². The summed E-state index contributed by atoms with van der Waals surface area (Å²) in [6.07, 6.45) is -0.106. The number of carbonyl (C=O) groups is 1. The topological polar surface area (TPSA) is 81.6 Å². The Labute approximate surface area is 98.5 Å². The van der Waals surface area contributed by atoms with E-state index in [9.17, 15) is 4.79 Å². The third-order valence-corrected chi connectivity index (χ3v) is 2.39. The monoisotopic (exact) mass is 228 g/mol. The van der Waals surface area contributed by atoms with E-state index in [1.165, 1.54) is 0 Å². The number of benzene rings is 1. The number of nitrogens with one attached hydrogen (secondary N) is 2. The summed E-state index contributed by atoms with van der Waals surface area (Å²) in [6.45, 7) is 2.32. The van der Waals surface area contributed by atoms with Gasteiger partial charge in [-0.25, -0.2) is 4.98 Å². The number of hydrogen-bond donors (Lipinski definition) is 2. The molecule has 0 spiro atoms. The molecule has 2 N–H and O–H groups in total. The summed E-state index contributed by atoms with van der Waals surface area (Å²) in [6, 6.07) is 7.57. The highest BCUT2D eigenvalue weighted by atomic mass is 16.1. The lowest BCUT2D eigenvalue weighted by atomic mass is 10.2. The van der Waals surface area contributed by atoms with E-state index in [4.69, 9.17) is 5.26 Å². The number of hydrogen-bond acceptors (Lipinski definition) is 3. The maximum absolute atomic E-state index is 11.1. The minimum absolute atomic E-state index is 0.106. The smallest absolute Gasteiger partial charge is 0.234 e. The van der Waals surface area contributed by atoms with Gasteiger partial charge in [0.2, 0.25) is 5.91 Å². The van der Waals surface area contributed by atoms with Crippen molar-refractivity contribution in [1.82, 2.24) is 15.3 Å². The van der Waals surface area contributed by atoms with Gasteiger partial charge in [-0.2, -0.15) is 5.26 Å². The number of aromatic nitrogens is 2. The highest BCUT2D eigenvalue weighted by molar-refractivity contribution is 5.78. The second-order valence-electron chi connectivity index (χ2n) is 3.79. The minimum atomic E-state index is -0.256. The zero-order valence-corrected chi connectivity index (χ0v) is 9.45. The Morgan fingerprint density at radius 1 is 1.59 bits per heavy atom. The molecule has 0 aliphatic carbocycles. The Bertz CT molecular complexity index is 594. The average molecular weight is 228 g/mol. The molecule has 0 atom stereocenters. The first-order valence-corrected chi connectivity index (χ1v) is 5.28. The predicted octanol–water partition coefficient (Wildman–Crippen LogP) is 1.40. The maximum Gasteiger partial charge on any atom is 0.234 e. The molecule has 2 rings (SSSR count). The molecule has 5 nitrogen and oxygen atoms in total. The van der Waals surface area contributed by atoms with Crippen molar-refractivity contribution in [3.05, 3.63) is 29.6 Å². The number of nitrogens with zero attached hydrogens (tertiary/aromatic N) is 2. The third-order valence-electron chi connectivity index (χ3n) is 2.39. The van der Waals surface area contributed by atoms with Gasteiger partial charge in [-0.05, 0) is 24.6 Å². The van der Waals surface area contributed by atoms with Crippen molar-refractivity contribution in [3.63, 3.8) is 0 Å². The lowest BCUT2D eigenvalue weighted by Crippen LogP contribution is -2.21. The van der Waals surface area contributed by atoms with E-state index < -0.39 is 0 Å². The Balaban J connectivity index is 2.09. The van der Waals surface area contributed by atoms with Crippen LogP contribution in [0.1, 0.15) is 17.8 Å². The molecule has 0 aliphatic heterocycles. The predicted molar refractivity (Wildman–Crippen MR) is 62.9 cm³/mol. The molecule has 0 bridgehead atoms. The summed E-state index contributed by atoms with van der Waals surface area (Å²) in [5.41, 5.74) is 2.84. The van der Waals surface area contributed by atoms with Crippen molar-refractivity contribution >= 4 is 16.9 Å². The number of nitriles is 1. The van der Waals surface area contributed by atoms with Crippen LogP contribution in [-0.4, -0.2) is 15.9 Å². The van der Waals surface area contributed by atoms with Crippen LogP contribution in [0.25, 0.3) is 11.0 Å². The third kappa shape index (κ3) is 2.61. The van der Waals surface area contributed by atoms with Crippen molar-refractivity contribution in [2.45, 2.75) is 19.9 Å². The quantitative estimate of drug-likeness (QED) is 0.833. The number of aromatic amines is 1. The fraction of sp³-hybridized carbons (Fsp3) is 0.250. The normalized spacial score (nSPS) is 10.1. The zero-order valence-electron chi connectivity index (χ0n) is 9.45. The van der Waals surface area contributed by atoms with Crippen LogP contribution in [0.3, 0.4) is 0 Å². The summed E-state index contributed by atoms with van der Waals surface area (Å²) in [4.78, 5) is 18.6. The van der Waals surface area contributed by atoms with Crippen LogP contribution in [0.4, 0.5) is 0 Å². The highest BCUT2D eigenvalue weighted by Crippen LogP contribution is 2.13. The largest absolute Gasteiger partial charge is 0.351 e. The second-order valence-corrected chi connectivity index (χ2v) is 3.79. The van der Waals surface area contributed by atoms with Crippen LogP contribution in [0, 0.1) is 18.3 Å². The van der Waals surface area contributed by atoms with E-state index in [0.29, 0.717) is 6.54 Å². The summed E-state index contributed by atoms with van der Waals surface area (Å²) < 4.78 is 0. The molecular weight excluding hydrogens is 216 g/mol. The molecule has 5 heteroatoms. The van der Waals surface area contributed by atoms with E-state index >= 15 is 0 Å². The molecule has 17 heavy (non-hydrogen) atoms. The molecule has 0 radical (unpaired) electrons.